The molecule has 1 amide bonds. The lowest BCUT2D eigenvalue weighted by molar-refractivity contribution is 0.0951. The Morgan fingerprint density at radius 3 is 2.56 bits per heavy atom. The zero-order valence-corrected chi connectivity index (χ0v) is 15.7. The number of benzene rings is 2. The minimum atomic E-state index is -3.65. The van der Waals surface area contributed by atoms with Gasteiger partial charge in [-0.3, -0.25) is 4.79 Å². The van der Waals surface area contributed by atoms with Gasteiger partial charge in [-0.25, -0.2) is 12.7 Å². The highest BCUT2D eigenvalue weighted by Crippen LogP contribution is 2.22. The van der Waals surface area contributed by atoms with E-state index in [1.807, 2.05) is 12.1 Å². The van der Waals surface area contributed by atoms with Crippen LogP contribution < -0.4 is 10.1 Å². The van der Waals surface area contributed by atoms with Gasteiger partial charge in [0.15, 0.2) is 0 Å². The molecule has 6 nitrogen and oxygen atoms in total. The summed E-state index contributed by atoms with van der Waals surface area (Å²) in [5, 5.41) is 2.91. The van der Waals surface area contributed by atoms with E-state index in [0.717, 1.165) is 9.87 Å². The molecule has 8 heteroatoms. The van der Waals surface area contributed by atoms with E-state index >= 15 is 0 Å². The van der Waals surface area contributed by atoms with Gasteiger partial charge in [0.25, 0.3) is 5.91 Å². The first-order valence-corrected chi connectivity index (χ1v) is 9.20. The van der Waals surface area contributed by atoms with E-state index in [1.54, 1.807) is 19.2 Å². The number of nitrogens with zero attached hydrogens (tertiary/aromatic N) is 1. The Balaban J connectivity index is 2.21. The molecule has 25 heavy (non-hydrogen) atoms. The summed E-state index contributed by atoms with van der Waals surface area (Å²) in [4.78, 5) is 12.4. The first-order chi connectivity index (χ1) is 11.8. The molecule has 0 saturated carbocycles. The molecule has 134 valence electrons. The van der Waals surface area contributed by atoms with E-state index in [1.165, 1.54) is 32.3 Å². The normalized spacial score (nSPS) is 11.4. The summed E-state index contributed by atoms with van der Waals surface area (Å²) < 4.78 is 30.6. The lowest BCUT2D eigenvalue weighted by Gasteiger charge is -2.13. The molecule has 0 fully saturated rings. The van der Waals surface area contributed by atoms with Crippen molar-refractivity contribution in [2.45, 2.75) is 11.4 Å². The number of carbonyl (C=O) groups excluding carboxylic acids is 1. The standard InChI is InChI=1S/C17H19ClN2O4S/c1-20(2)25(22,23)14-7-8-16(18)15(10-14)17(21)19-11-12-5-4-6-13(9-12)24-3/h4-10H,11H2,1-3H3,(H,19,21). The van der Waals surface area contributed by atoms with Crippen LogP contribution in [0.5, 0.6) is 5.75 Å². The fourth-order valence-corrected chi connectivity index (χ4v) is 3.24. The second-order valence-corrected chi connectivity index (χ2v) is 8.02. The quantitative estimate of drug-likeness (QED) is 0.833. The van der Waals surface area contributed by atoms with Gasteiger partial charge in [0.1, 0.15) is 5.75 Å². The Morgan fingerprint density at radius 1 is 1.20 bits per heavy atom. The number of rotatable bonds is 6. The molecule has 2 rings (SSSR count). The molecule has 1 N–H and O–H groups in total. The maximum Gasteiger partial charge on any atom is 0.253 e. The van der Waals surface area contributed by atoms with Crippen LogP contribution in [0, 0.1) is 0 Å². The Hall–Kier alpha value is -2.09. The maximum absolute atomic E-state index is 12.4. The van der Waals surface area contributed by atoms with Gasteiger partial charge in [0, 0.05) is 20.6 Å². The van der Waals surface area contributed by atoms with Gasteiger partial charge in [0.05, 0.1) is 22.6 Å². The van der Waals surface area contributed by atoms with Crippen LogP contribution in [-0.2, 0) is 16.6 Å². The lowest BCUT2D eigenvalue weighted by Crippen LogP contribution is -2.25. The second-order valence-electron chi connectivity index (χ2n) is 5.46. The Kier molecular flexibility index (Phi) is 6.05. The van der Waals surface area contributed by atoms with Crippen LogP contribution in [0.15, 0.2) is 47.4 Å². The van der Waals surface area contributed by atoms with Gasteiger partial charge in [-0.1, -0.05) is 23.7 Å². The third-order valence-corrected chi connectivity index (χ3v) is 5.69. The number of hydrogen-bond acceptors (Lipinski definition) is 4. The molecule has 0 spiro atoms. The third-order valence-electron chi connectivity index (χ3n) is 3.55. The van der Waals surface area contributed by atoms with Gasteiger partial charge in [-0.2, -0.15) is 0 Å². The van der Waals surface area contributed by atoms with Crippen molar-refractivity contribution >= 4 is 27.5 Å². The van der Waals surface area contributed by atoms with Crippen molar-refractivity contribution in [1.29, 1.82) is 0 Å². The minimum absolute atomic E-state index is 0.00781. The number of ether oxygens (including phenoxy) is 1. The maximum atomic E-state index is 12.4. The highest BCUT2D eigenvalue weighted by Gasteiger charge is 2.20. The van der Waals surface area contributed by atoms with Crippen molar-refractivity contribution in [3.63, 3.8) is 0 Å². The Bertz CT molecular complexity index is 882. The molecular weight excluding hydrogens is 364 g/mol. The molecule has 0 saturated heterocycles. The monoisotopic (exact) mass is 382 g/mol. The Morgan fingerprint density at radius 2 is 1.92 bits per heavy atom. The number of methoxy groups -OCH3 is 1. The van der Waals surface area contributed by atoms with Crippen LogP contribution in [-0.4, -0.2) is 39.8 Å². The van der Waals surface area contributed by atoms with Gasteiger partial charge in [-0.15, -0.1) is 0 Å². The van der Waals surface area contributed by atoms with Crippen molar-refractivity contribution in [2.24, 2.45) is 0 Å². The average Bonchev–Trinajstić information content (AvgIpc) is 2.59. The van der Waals surface area contributed by atoms with Crippen molar-refractivity contribution in [3.05, 3.63) is 58.6 Å². The summed E-state index contributed by atoms with van der Waals surface area (Å²) in [5.41, 5.74) is 0.952. The van der Waals surface area contributed by atoms with Crippen molar-refractivity contribution in [1.82, 2.24) is 9.62 Å². The van der Waals surface area contributed by atoms with Crippen LogP contribution >= 0.6 is 11.6 Å². The first kappa shape index (κ1) is 19.2. The number of hydrogen-bond donors (Lipinski definition) is 1. The van der Waals surface area contributed by atoms with Crippen LogP contribution in [0.3, 0.4) is 0 Å². The number of halogens is 1. The second kappa shape index (κ2) is 7.86. The minimum Gasteiger partial charge on any atom is -0.497 e. The zero-order valence-electron chi connectivity index (χ0n) is 14.1. The fraction of sp³-hybridized carbons (Fsp3) is 0.235. The molecule has 0 radical (unpaired) electrons. The van der Waals surface area contributed by atoms with Crippen LogP contribution in [0.1, 0.15) is 15.9 Å². The molecule has 2 aromatic carbocycles. The summed E-state index contributed by atoms with van der Waals surface area (Å²) in [7, 11) is 0.762. The molecule has 0 bridgehead atoms. The molecule has 0 aliphatic carbocycles. The largest absolute Gasteiger partial charge is 0.497 e. The lowest BCUT2D eigenvalue weighted by atomic mass is 10.2. The smallest absolute Gasteiger partial charge is 0.253 e. The molecule has 0 aliphatic heterocycles. The summed E-state index contributed by atoms with van der Waals surface area (Å²) >= 11 is 6.06. The highest BCUT2D eigenvalue weighted by atomic mass is 35.5. The van der Waals surface area contributed by atoms with Crippen molar-refractivity contribution in [3.8, 4) is 5.75 Å². The number of carbonyl (C=O) groups is 1. The molecule has 0 aromatic heterocycles. The van der Waals surface area contributed by atoms with Crippen molar-refractivity contribution in [2.75, 3.05) is 21.2 Å². The number of amides is 1. The zero-order chi connectivity index (χ0) is 18.6. The van der Waals surface area contributed by atoms with Gasteiger partial charge in [-0.05, 0) is 35.9 Å². The Labute approximate surface area is 152 Å². The van der Waals surface area contributed by atoms with Crippen LogP contribution in [0.4, 0.5) is 0 Å². The molecular formula is C17H19ClN2O4S. The van der Waals surface area contributed by atoms with E-state index < -0.39 is 15.9 Å². The summed E-state index contributed by atoms with van der Waals surface area (Å²) in [6, 6.07) is 11.3. The predicted octanol–water partition coefficient (Wildman–Crippen LogP) is 2.53. The van der Waals surface area contributed by atoms with E-state index in [4.69, 9.17) is 16.3 Å². The summed E-state index contributed by atoms with van der Waals surface area (Å²) in [6.45, 7) is 0.261. The number of nitrogens with one attached hydrogen (secondary N) is 1. The topological polar surface area (TPSA) is 75.7 Å². The van der Waals surface area contributed by atoms with Crippen LogP contribution in [0.25, 0.3) is 0 Å². The fourth-order valence-electron chi connectivity index (χ4n) is 2.11. The number of sulfonamides is 1. The molecule has 0 unspecified atom stereocenters. The average molecular weight is 383 g/mol. The molecule has 0 aliphatic rings. The molecule has 0 heterocycles. The summed E-state index contributed by atoms with van der Waals surface area (Å²) in [6.07, 6.45) is 0. The third kappa shape index (κ3) is 4.50. The van der Waals surface area contributed by atoms with E-state index in [2.05, 4.69) is 5.32 Å². The van der Waals surface area contributed by atoms with Crippen LogP contribution in [0.2, 0.25) is 5.02 Å². The first-order valence-electron chi connectivity index (χ1n) is 7.39. The SMILES string of the molecule is COc1cccc(CNC(=O)c2cc(S(=O)(=O)N(C)C)ccc2Cl)c1. The molecule has 2 aromatic rings. The van der Waals surface area contributed by atoms with E-state index in [0.29, 0.717) is 5.75 Å². The van der Waals surface area contributed by atoms with E-state index in [-0.39, 0.29) is 22.0 Å². The van der Waals surface area contributed by atoms with Gasteiger partial charge < -0.3 is 10.1 Å². The van der Waals surface area contributed by atoms with Crippen molar-refractivity contribution < 1.29 is 17.9 Å². The molecule has 0 atom stereocenters. The predicted molar refractivity (Wildman–Crippen MR) is 96.5 cm³/mol. The summed E-state index contributed by atoms with van der Waals surface area (Å²) in [5.74, 6) is 0.229. The highest BCUT2D eigenvalue weighted by molar-refractivity contribution is 7.89. The van der Waals surface area contributed by atoms with E-state index in [9.17, 15) is 13.2 Å². The van der Waals surface area contributed by atoms with Gasteiger partial charge >= 0.3 is 0 Å². The van der Waals surface area contributed by atoms with Gasteiger partial charge in [0.2, 0.25) is 10.0 Å².